The molecule has 0 spiro atoms. The normalized spacial score (nSPS) is 11.3. The summed E-state index contributed by atoms with van der Waals surface area (Å²) in [5.74, 6) is 0.918. The van der Waals surface area contributed by atoms with E-state index in [1.807, 2.05) is 88.4 Å². The number of carbonyl (C=O) groups is 3. The highest BCUT2D eigenvalue weighted by molar-refractivity contribution is 5.93. The van der Waals surface area contributed by atoms with Gasteiger partial charge in [-0.3, -0.25) is 4.79 Å². The van der Waals surface area contributed by atoms with Crippen LogP contribution in [0.4, 0.5) is 9.59 Å². The minimum Gasteiger partial charge on any atom is -0.489 e. The van der Waals surface area contributed by atoms with E-state index in [9.17, 15) is 14.4 Å². The van der Waals surface area contributed by atoms with Gasteiger partial charge in [0.15, 0.2) is 0 Å². The number of amides is 2. The Bertz CT molecular complexity index is 1840. The summed E-state index contributed by atoms with van der Waals surface area (Å²) in [4.78, 5) is 36.9. The lowest BCUT2D eigenvalue weighted by molar-refractivity contribution is -0.142. The zero-order chi connectivity index (χ0) is 40.6. The third kappa shape index (κ3) is 16.1. The van der Waals surface area contributed by atoms with Crippen molar-refractivity contribution in [1.29, 1.82) is 0 Å². The Morgan fingerprint density at radius 2 is 1.33 bits per heavy atom. The van der Waals surface area contributed by atoms with E-state index in [-0.39, 0.29) is 32.1 Å². The maximum absolute atomic E-state index is 12.4. The van der Waals surface area contributed by atoms with Crippen LogP contribution in [0.1, 0.15) is 122 Å². The first kappa shape index (κ1) is 44.4. The van der Waals surface area contributed by atoms with Gasteiger partial charge in [0.25, 0.3) is 0 Å². The lowest BCUT2D eigenvalue weighted by atomic mass is 9.99. The van der Waals surface area contributed by atoms with E-state index in [1.54, 1.807) is 27.7 Å². The van der Waals surface area contributed by atoms with E-state index in [0.29, 0.717) is 17.9 Å². The predicted molar refractivity (Wildman–Crippen MR) is 218 cm³/mol. The van der Waals surface area contributed by atoms with Crippen molar-refractivity contribution in [2.24, 2.45) is 0 Å². The fraction of sp³-hybridized carbons (Fsp3) is 0.489. The second kappa shape index (κ2) is 21.2. The van der Waals surface area contributed by atoms with E-state index in [4.69, 9.17) is 23.4 Å². The molecule has 4 rings (SSSR count). The summed E-state index contributed by atoms with van der Waals surface area (Å²) in [6, 6.07) is 19.3. The van der Waals surface area contributed by atoms with E-state index in [0.717, 1.165) is 44.5 Å². The molecule has 0 aliphatic rings. The van der Waals surface area contributed by atoms with E-state index >= 15 is 0 Å². The maximum atomic E-state index is 12.4. The Labute approximate surface area is 327 Å². The molecule has 0 aliphatic heterocycles. The molecule has 1 heterocycles. The summed E-state index contributed by atoms with van der Waals surface area (Å²) in [6.45, 7) is 20.0. The average Bonchev–Trinajstić information content (AvgIpc) is 3.48. The first-order valence-electron chi connectivity index (χ1n) is 19.5. The minimum absolute atomic E-state index is 0.0400. The number of hydrogen-bond donors (Lipinski definition) is 2. The number of rotatable bonds is 15. The van der Waals surface area contributed by atoms with Gasteiger partial charge in [0.1, 0.15) is 34.9 Å². The lowest BCUT2D eigenvalue weighted by Crippen LogP contribution is -2.32. The number of alkyl carbamates (subject to hydrolysis) is 2. The van der Waals surface area contributed by atoms with Crippen molar-refractivity contribution in [1.82, 2.24) is 10.6 Å². The number of benzene rings is 3. The molecule has 0 unspecified atom stereocenters. The number of fused-ring (bicyclic) bond motifs is 1. The zero-order valence-corrected chi connectivity index (χ0v) is 34.6. The summed E-state index contributed by atoms with van der Waals surface area (Å²) in [7, 11) is 0. The number of aryl methyl sites for hydroxylation is 1. The number of esters is 1. The monoisotopic (exact) mass is 758 g/mol. The first-order valence-corrected chi connectivity index (χ1v) is 19.5. The summed E-state index contributed by atoms with van der Waals surface area (Å²) < 4.78 is 28.4. The number of unbranched alkanes of at least 4 members (excludes halogenated alkanes) is 4. The molecular weight excluding hydrogens is 697 g/mol. The second-order valence-corrected chi connectivity index (χ2v) is 15.6. The van der Waals surface area contributed by atoms with Crippen molar-refractivity contribution in [2.75, 3.05) is 6.61 Å². The smallest absolute Gasteiger partial charge is 0.407 e. The highest BCUT2D eigenvalue weighted by Crippen LogP contribution is 2.34. The predicted octanol–water partition coefficient (Wildman–Crippen LogP) is 11.1. The van der Waals surface area contributed by atoms with Crippen LogP contribution in [0, 0.1) is 6.92 Å². The first-order chi connectivity index (χ1) is 26.0. The Morgan fingerprint density at radius 3 is 1.91 bits per heavy atom. The lowest BCUT2D eigenvalue weighted by Gasteiger charge is -2.20. The van der Waals surface area contributed by atoms with Crippen LogP contribution in [0.3, 0.4) is 0 Å². The highest BCUT2D eigenvalue weighted by atomic mass is 16.6. The van der Waals surface area contributed by atoms with Crippen LogP contribution in [-0.4, -0.2) is 36.0 Å². The SMILES string of the molecule is CCCCCCC.CCOC(=O)Cc1ccc(CNC(=O)OC(C)(C)C)cc1OCc1cc(-c2cccc(CNC(=O)OC(C)(C)C)c2)c2oc(C)cc2c1. The summed E-state index contributed by atoms with van der Waals surface area (Å²) >= 11 is 0. The maximum Gasteiger partial charge on any atom is 0.407 e. The number of hydrogen-bond acceptors (Lipinski definition) is 8. The van der Waals surface area contributed by atoms with Crippen molar-refractivity contribution in [2.45, 2.75) is 139 Å². The van der Waals surface area contributed by atoms with Gasteiger partial charge in [-0.2, -0.15) is 0 Å². The molecule has 2 N–H and O–H groups in total. The largest absolute Gasteiger partial charge is 0.489 e. The van der Waals surface area contributed by atoms with Crippen LogP contribution in [-0.2, 0) is 45.1 Å². The molecule has 1 aromatic heterocycles. The molecule has 10 nitrogen and oxygen atoms in total. The van der Waals surface area contributed by atoms with Crippen LogP contribution < -0.4 is 15.4 Å². The molecule has 2 amide bonds. The van der Waals surface area contributed by atoms with Gasteiger partial charge in [0.05, 0.1) is 13.0 Å². The molecule has 0 fully saturated rings. The van der Waals surface area contributed by atoms with Gasteiger partial charge in [0.2, 0.25) is 0 Å². The Balaban J connectivity index is 0.00000106. The second-order valence-electron chi connectivity index (χ2n) is 15.6. The van der Waals surface area contributed by atoms with E-state index < -0.39 is 23.4 Å². The minimum atomic E-state index is -0.617. The quantitative estimate of drug-likeness (QED) is 0.0697. The molecule has 300 valence electrons. The van der Waals surface area contributed by atoms with Crippen molar-refractivity contribution >= 4 is 29.1 Å². The average molecular weight is 759 g/mol. The summed E-state index contributed by atoms with van der Waals surface area (Å²) in [6.07, 6.45) is 6.04. The van der Waals surface area contributed by atoms with Crippen LogP contribution in [0.5, 0.6) is 5.75 Å². The number of ether oxygens (including phenoxy) is 4. The molecule has 0 radical (unpaired) electrons. The van der Waals surface area contributed by atoms with E-state index in [1.165, 1.54) is 32.1 Å². The van der Waals surface area contributed by atoms with Gasteiger partial charge in [-0.05, 0) is 108 Å². The third-order valence-electron chi connectivity index (χ3n) is 8.08. The van der Waals surface area contributed by atoms with Gasteiger partial charge in [-0.15, -0.1) is 0 Å². The molecule has 4 aromatic rings. The van der Waals surface area contributed by atoms with Crippen LogP contribution >= 0.6 is 0 Å². The van der Waals surface area contributed by atoms with Crippen molar-refractivity contribution < 1.29 is 37.7 Å². The molecular formula is C45H62N2O8. The van der Waals surface area contributed by atoms with Gasteiger partial charge >= 0.3 is 18.2 Å². The molecule has 3 aromatic carbocycles. The number of carbonyl (C=O) groups excluding carboxylic acids is 3. The molecule has 0 saturated heterocycles. The van der Waals surface area contributed by atoms with Crippen molar-refractivity contribution in [3.63, 3.8) is 0 Å². The molecule has 0 saturated carbocycles. The summed E-state index contributed by atoms with van der Waals surface area (Å²) in [5.41, 5.74) is 4.56. The Hall–Kier alpha value is -4.99. The van der Waals surface area contributed by atoms with Gasteiger partial charge in [0, 0.05) is 29.6 Å². The number of nitrogens with one attached hydrogen (secondary N) is 2. The van der Waals surface area contributed by atoms with Crippen molar-refractivity contribution in [3.05, 3.63) is 88.7 Å². The Morgan fingerprint density at radius 1 is 0.709 bits per heavy atom. The molecule has 55 heavy (non-hydrogen) atoms. The molecule has 0 atom stereocenters. The number of furan rings is 1. The van der Waals surface area contributed by atoms with Gasteiger partial charge in [-0.1, -0.05) is 76.3 Å². The van der Waals surface area contributed by atoms with Crippen LogP contribution in [0.15, 0.2) is 65.1 Å². The van der Waals surface area contributed by atoms with Crippen LogP contribution in [0.2, 0.25) is 0 Å². The zero-order valence-electron chi connectivity index (χ0n) is 34.6. The summed E-state index contributed by atoms with van der Waals surface area (Å²) in [5, 5.41) is 6.50. The van der Waals surface area contributed by atoms with Crippen LogP contribution in [0.25, 0.3) is 22.1 Å². The standard InChI is InChI=1S/C38H46N2O8.C7H16/c1-9-44-33(41)20-29-14-13-26(22-40-36(43)48-38(6,7)8)19-32(29)45-23-27-17-30-15-24(2)46-34(30)31(18-27)28-12-10-11-25(16-28)21-39-35(42)47-37(3,4)5;1-3-5-7-6-4-2/h10-19H,9,20-23H2,1-8H3,(H,39,42)(H,40,43);3-7H2,1-2H3. The fourth-order valence-corrected chi connectivity index (χ4v) is 5.66. The molecule has 10 heteroatoms. The van der Waals surface area contributed by atoms with E-state index in [2.05, 4.69) is 24.5 Å². The molecule has 0 aliphatic carbocycles. The van der Waals surface area contributed by atoms with Gasteiger partial charge in [-0.25, -0.2) is 9.59 Å². The topological polar surface area (TPSA) is 125 Å². The highest BCUT2D eigenvalue weighted by Gasteiger charge is 2.19. The molecule has 0 bridgehead atoms. The third-order valence-corrected chi connectivity index (χ3v) is 8.08. The van der Waals surface area contributed by atoms with Gasteiger partial charge < -0.3 is 34.0 Å². The Kier molecular flexibility index (Phi) is 17.1. The fourth-order valence-electron chi connectivity index (χ4n) is 5.66. The van der Waals surface area contributed by atoms with Crippen molar-refractivity contribution in [3.8, 4) is 16.9 Å².